The Morgan fingerprint density at radius 1 is 1.11 bits per heavy atom. The minimum atomic E-state index is -5.30. The molecule has 1 unspecified atom stereocenters. The van der Waals surface area contributed by atoms with Gasteiger partial charge in [0.25, 0.3) is 0 Å². The Labute approximate surface area is 153 Å². The SMILES string of the molecule is NCC(O)(c1cc2c(c(-c3ccc(F)cc3)n1)OC[C@H]2C(F)(F)F)C(F)(F)F. The molecule has 1 aromatic heterocycles. The third kappa shape index (κ3) is 3.28. The first kappa shape index (κ1) is 20.3. The zero-order valence-electron chi connectivity index (χ0n) is 13.9. The number of fused-ring (bicyclic) bond motifs is 1. The van der Waals surface area contributed by atoms with Crippen molar-refractivity contribution in [2.24, 2.45) is 5.73 Å². The highest BCUT2D eigenvalue weighted by Crippen LogP contribution is 2.49. The second kappa shape index (κ2) is 6.59. The molecule has 152 valence electrons. The molecule has 4 nitrogen and oxygen atoms in total. The van der Waals surface area contributed by atoms with E-state index in [1.54, 1.807) is 0 Å². The van der Waals surface area contributed by atoms with Crippen LogP contribution in [0.15, 0.2) is 30.3 Å². The van der Waals surface area contributed by atoms with Gasteiger partial charge in [-0.1, -0.05) is 0 Å². The molecule has 2 aromatic rings. The zero-order valence-corrected chi connectivity index (χ0v) is 13.9. The van der Waals surface area contributed by atoms with E-state index >= 15 is 0 Å². The molecule has 28 heavy (non-hydrogen) atoms. The number of rotatable bonds is 3. The molecule has 0 fully saturated rings. The van der Waals surface area contributed by atoms with Crippen molar-refractivity contribution < 1.29 is 40.6 Å². The Kier molecular flexibility index (Phi) is 4.79. The second-order valence-corrected chi connectivity index (χ2v) is 6.25. The summed E-state index contributed by atoms with van der Waals surface area (Å²) in [6.45, 7) is -2.21. The number of hydrogen-bond donors (Lipinski definition) is 2. The van der Waals surface area contributed by atoms with Gasteiger partial charge in [-0.15, -0.1) is 0 Å². The molecule has 1 aromatic carbocycles. The van der Waals surface area contributed by atoms with Gasteiger partial charge in [0, 0.05) is 17.7 Å². The molecule has 1 aliphatic heterocycles. The lowest BCUT2D eigenvalue weighted by Crippen LogP contribution is -2.49. The predicted octanol–water partition coefficient (Wildman–Crippen LogP) is 3.63. The molecule has 1 aliphatic rings. The average molecular weight is 410 g/mol. The summed E-state index contributed by atoms with van der Waals surface area (Å²) in [7, 11) is 0. The third-order valence-corrected chi connectivity index (χ3v) is 4.47. The molecule has 0 saturated carbocycles. The van der Waals surface area contributed by atoms with Crippen LogP contribution >= 0.6 is 0 Å². The normalized spacial score (nSPS) is 19.1. The smallest absolute Gasteiger partial charge is 0.424 e. The Hall–Kier alpha value is -2.40. The van der Waals surface area contributed by atoms with Crippen LogP contribution in [0.4, 0.5) is 30.7 Å². The fraction of sp³-hybridized carbons (Fsp3) is 0.353. The molecule has 0 amide bonds. The lowest BCUT2D eigenvalue weighted by atomic mass is 9.92. The van der Waals surface area contributed by atoms with Crippen LogP contribution in [0, 0.1) is 5.82 Å². The molecule has 11 heteroatoms. The summed E-state index contributed by atoms with van der Waals surface area (Å²) < 4.78 is 98.3. The minimum Gasteiger partial charge on any atom is -0.490 e. The maximum absolute atomic E-state index is 13.4. The zero-order chi connectivity index (χ0) is 20.9. The number of nitrogens with two attached hydrogens (primary N) is 1. The summed E-state index contributed by atoms with van der Waals surface area (Å²) in [5.74, 6) is -3.25. The number of aromatic nitrogens is 1. The van der Waals surface area contributed by atoms with Crippen molar-refractivity contribution in [2.75, 3.05) is 13.2 Å². The molecule has 0 spiro atoms. The first-order valence-electron chi connectivity index (χ1n) is 7.88. The summed E-state index contributed by atoms with van der Waals surface area (Å²) in [4.78, 5) is 3.71. The largest absolute Gasteiger partial charge is 0.490 e. The maximum atomic E-state index is 13.4. The van der Waals surface area contributed by atoms with E-state index in [4.69, 9.17) is 10.5 Å². The van der Waals surface area contributed by atoms with Crippen LogP contribution in [0.25, 0.3) is 11.3 Å². The number of benzene rings is 1. The van der Waals surface area contributed by atoms with E-state index in [0.717, 1.165) is 24.3 Å². The summed E-state index contributed by atoms with van der Waals surface area (Å²) >= 11 is 0. The Balaban J connectivity index is 2.29. The van der Waals surface area contributed by atoms with E-state index in [2.05, 4.69) is 4.98 Å². The van der Waals surface area contributed by atoms with E-state index < -0.39 is 54.1 Å². The summed E-state index contributed by atoms with van der Waals surface area (Å²) in [6.07, 6.45) is -10.1. The Morgan fingerprint density at radius 2 is 1.71 bits per heavy atom. The molecule has 3 rings (SSSR count). The van der Waals surface area contributed by atoms with Crippen molar-refractivity contribution in [1.82, 2.24) is 4.98 Å². The van der Waals surface area contributed by atoms with Crippen molar-refractivity contribution in [1.29, 1.82) is 0 Å². The first-order chi connectivity index (χ1) is 12.9. The highest BCUT2D eigenvalue weighted by Gasteiger charge is 2.56. The van der Waals surface area contributed by atoms with Gasteiger partial charge in [0.1, 0.15) is 29.8 Å². The van der Waals surface area contributed by atoms with Gasteiger partial charge in [-0.2, -0.15) is 26.3 Å². The fourth-order valence-electron chi connectivity index (χ4n) is 2.87. The highest BCUT2D eigenvalue weighted by molar-refractivity contribution is 5.70. The van der Waals surface area contributed by atoms with E-state index in [1.807, 2.05) is 0 Å². The van der Waals surface area contributed by atoms with Crippen molar-refractivity contribution in [3.63, 3.8) is 0 Å². The quantitative estimate of drug-likeness (QED) is 0.759. The number of pyridine rings is 1. The van der Waals surface area contributed by atoms with Gasteiger partial charge < -0.3 is 15.6 Å². The van der Waals surface area contributed by atoms with E-state index in [-0.39, 0.29) is 17.0 Å². The second-order valence-electron chi connectivity index (χ2n) is 6.25. The number of aliphatic hydroxyl groups is 1. The molecule has 2 heterocycles. The number of halogens is 7. The van der Waals surface area contributed by atoms with Crippen molar-refractivity contribution in [3.8, 4) is 17.0 Å². The fourth-order valence-corrected chi connectivity index (χ4v) is 2.87. The highest BCUT2D eigenvalue weighted by atomic mass is 19.4. The summed E-state index contributed by atoms with van der Waals surface area (Å²) in [5.41, 5.74) is -0.647. The van der Waals surface area contributed by atoms with Gasteiger partial charge in [0.05, 0.1) is 5.69 Å². The van der Waals surface area contributed by atoms with Gasteiger partial charge in [-0.25, -0.2) is 9.37 Å². The summed E-state index contributed by atoms with van der Waals surface area (Å²) in [5, 5.41) is 10.1. The summed E-state index contributed by atoms with van der Waals surface area (Å²) in [6, 6.07) is 4.69. The number of ether oxygens (including phenoxy) is 1. The molecule has 0 aliphatic carbocycles. The lowest BCUT2D eigenvalue weighted by molar-refractivity contribution is -0.263. The van der Waals surface area contributed by atoms with Gasteiger partial charge in [-0.3, -0.25) is 0 Å². The van der Waals surface area contributed by atoms with Crippen molar-refractivity contribution in [3.05, 3.63) is 47.4 Å². The van der Waals surface area contributed by atoms with E-state index in [0.29, 0.717) is 6.07 Å². The van der Waals surface area contributed by atoms with Gasteiger partial charge >= 0.3 is 12.4 Å². The van der Waals surface area contributed by atoms with Crippen LogP contribution in [-0.2, 0) is 5.60 Å². The van der Waals surface area contributed by atoms with Crippen LogP contribution in [0.5, 0.6) is 5.75 Å². The average Bonchev–Trinajstić information content (AvgIpc) is 3.04. The monoisotopic (exact) mass is 410 g/mol. The molecule has 3 N–H and O–H groups in total. The number of nitrogens with zero attached hydrogens (tertiary/aromatic N) is 1. The Bertz CT molecular complexity index is 881. The van der Waals surface area contributed by atoms with Crippen LogP contribution in [0.3, 0.4) is 0 Å². The third-order valence-electron chi connectivity index (χ3n) is 4.47. The van der Waals surface area contributed by atoms with Gasteiger partial charge in [-0.05, 0) is 30.3 Å². The van der Waals surface area contributed by atoms with Crippen LogP contribution in [-0.4, -0.2) is 35.6 Å². The van der Waals surface area contributed by atoms with Crippen molar-refractivity contribution in [2.45, 2.75) is 23.9 Å². The van der Waals surface area contributed by atoms with Crippen molar-refractivity contribution >= 4 is 0 Å². The van der Waals surface area contributed by atoms with E-state index in [1.165, 1.54) is 0 Å². The minimum absolute atomic E-state index is 0.0175. The molecular weight excluding hydrogens is 397 g/mol. The standard InChI is InChI=1S/C17H13F7N2O2/c18-9-3-1-8(2-4-9)13-14-10(11(6-28-14)16(19,20)21)5-12(26-13)15(27,7-25)17(22,23)24/h1-5,11,27H,6-7,25H2/t11-,15?/m1/s1. The van der Waals surface area contributed by atoms with Crippen LogP contribution in [0.2, 0.25) is 0 Å². The predicted molar refractivity (Wildman–Crippen MR) is 82.9 cm³/mol. The Morgan fingerprint density at radius 3 is 2.21 bits per heavy atom. The molecule has 0 bridgehead atoms. The molecular formula is C17H13F7N2O2. The number of alkyl halides is 6. The van der Waals surface area contributed by atoms with Crippen LogP contribution < -0.4 is 10.5 Å². The molecule has 0 saturated heterocycles. The number of hydrogen-bond acceptors (Lipinski definition) is 4. The first-order valence-corrected chi connectivity index (χ1v) is 7.88. The van der Waals surface area contributed by atoms with Crippen LogP contribution in [0.1, 0.15) is 17.2 Å². The van der Waals surface area contributed by atoms with Gasteiger partial charge in [0.2, 0.25) is 5.60 Å². The van der Waals surface area contributed by atoms with Gasteiger partial charge in [0.15, 0.2) is 0 Å². The maximum Gasteiger partial charge on any atom is 0.424 e. The topological polar surface area (TPSA) is 68.4 Å². The van der Waals surface area contributed by atoms with E-state index in [9.17, 15) is 35.8 Å². The molecule has 0 radical (unpaired) electrons. The molecule has 2 atom stereocenters. The lowest BCUT2D eigenvalue weighted by Gasteiger charge is -2.29.